The molecule has 7 heteroatoms. The van der Waals surface area contributed by atoms with E-state index in [4.69, 9.17) is 4.42 Å². The molecule has 1 heterocycles. The first kappa shape index (κ1) is 14.4. The maximum atomic E-state index is 11.3. The summed E-state index contributed by atoms with van der Waals surface area (Å²) in [5.41, 5.74) is 0. The molecule has 1 unspecified atom stereocenters. The van der Waals surface area contributed by atoms with Crippen molar-refractivity contribution >= 4 is 11.9 Å². The number of hydrogen-bond acceptors (Lipinski definition) is 6. The smallest absolute Gasteiger partial charge is 0.316 e. The SMILES string of the molecule is CNC(=O)C(C)Nc1nnc(CNCC(C)C)o1. The average Bonchev–Trinajstić information content (AvgIpc) is 2.75. The number of rotatable bonds is 7. The first-order chi connectivity index (χ1) is 8.52. The number of nitrogens with zero attached hydrogens (tertiary/aromatic N) is 2. The first-order valence-electron chi connectivity index (χ1n) is 6.04. The highest BCUT2D eigenvalue weighted by atomic mass is 16.4. The van der Waals surface area contributed by atoms with Gasteiger partial charge in [0, 0.05) is 7.05 Å². The predicted octanol–water partition coefficient (Wildman–Crippen LogP) is 0.362. The highest BCUT2D eigenvalue weighted by Crippen LogP contribution is 2.06. The largest absolute Gasteiger partial charge is 0.407 e. The van der Waals surface area contributed by atoms with Crippen LogP contribution < -0.4 is 16.0 Å². The van der Waals surface area contributed by atoms with Gasteiger partial charge in [-0.3, -0.25) is 4.79 Å². The van der Waals surface area contributed by atoms with E-state index in [1.54, 1.807) is 14.0 Å². The Labute approximate surface area is 107 Å². The lowest BCUT2D eigenvalue weighted by Gasteiger charge is -2.09. The minimum Gasteiger partial charge on any atom is -0.407 e. The molecular weight excluding hydrogens is 234 g/mol. The molecule has 0 spiro atoms. The van der Waals surface area contributed by atoms with Gasteiger partial charge in [-0.25, -0.2) is 0 Å². The summed E-state index contributed by atoms with van der Waals surface area (Å²) < 4.78 is 5.35. The summed E-state index contributed by atoms with van der Waals surface area (Å²) in [7, 11) is 1.58. The Morgan fingerprint density at radius 3 is 2.67 bits per heavy atom. The van der Waals surface area contributed by atoms with Gasteiger partial charge in [-0.2, -0.15) is 0 Å². The molecule has 1 aromatic rings. The van der Waals surface area contributed by atoms with Crippen LogP contribution in [0, 0.1) is 5.92 Å². The van der Waals surface area contributed by atoms with Crippen LogP contribution >= 0.6 is 0 Å². The summed E-state index contributed by atoms with van der Waals surface area (Å²) in [5.74, 6) is 0.939. The summed E-state index contributed by atoms with van der Waals surface area (Å²) in [6.07, 6.45) is 0. The number of likely N-dealkylation sites (N-methyl/N-ethyl adjacent to an activating group) is 1. The van der Waals surface area contributed by atoms with Gasteiger partial charge >= 0.3 is 6.01 Å². The van der Waals surface area contributed by atoms with E-state index >= 15 is 0 Å². The van der Waals surface area contributed by atoms with E-state index in [0.717, 1.165) is 6.54 Å². The quantitative estimate of drug-likeness (QED) is 0.651. The van der Waals surface area contributed by atoms with E-state index in [0.29, 0.717) is 18.4 Å². The second kappa shape index (κ2) is 6.95. The maximum absolute atomic E-state index is 11.3. The Balaban J connectivity index is 2.40. The second-order valence-electron chi connectivity index (χ2n) is 4.51. The van der Waals surface area contributed by atoms with Crippen LogP contribution in [0.1, 0.15) is 26.7 Å². The third kappa shape index (κ3) is 4.70. The number of hydrogen-bond donors (Lipinski definition) is 3. The Morgan fingerprint density at radius 1 is 1.33 bits per heavy atom. The predicted molar refractivity (Wildman–Crippen MR) is 68.0 cm³/mol. The summed E-state index contributed by atoms with van der Waals surface area (Å²) in [4.78, 5) is 11.3. The molecule has 0 saturated heterocycles. The number of carbonyl (C=O) groups excluding carboxylic acids is 1. The van der Waals surface area contributed by atoms with Gasteiger partial charge < -0.3 is 20.4 Å². The van der Waals surface area contributed by atoms with E-state index in [1.165, 1.54) is 0 Å². The fraction of sp³-hybridized carbons (Fsp3) is 0.727. The first-order valence-corrected chi connectivity index (χ1v) is 6.04. The van der Waals surface area contributed by atoms with Crippen molar-refractivity contribution in [1.82, 2.24) is 20.8 Å². The van der Waals surface area contributed by atoms with E-state index < -0.39 is 6.04 Å². The van der Waals surface area contributed by atoms with Gasteiger partial charge in [0.2, 0.25) is 11.8 Å². The zero-order chi connectivity index (χ0) is 13.5. The van der Waals surface area contributed by atoms with Crippen LogP contribution in [0.3, 0.4) is 0 Å². The molecular formula is C11H21N5O2. The second-order valence-corrected chi connectivity index (χ2v) is 4.51. The third-order valence-electron chi connectivity index (χ3n) is 2.28. The van der Waals surface area contributed by atoms with Crippen molar-refractivity contribution in [3.63, 3.8) is 0 Å². The molecule has 0 aromatic carbocycles. The van der Waals surface area contributed by atoms with Gasteiger partial charge in [0.1, 0.15) is 6.04 Å². The van der Waals surface area contributed by atoms with Crippen molar-refractivity contribution in [2.45, 2.75) is 33.4 Å². The lowest BCUT2D eigenvalue weighted by molar-refractivity contribution is -0.121. The van der Waals surface area contributed by atoms with Gasteiger partial charge in [0.05, 0.1) is 6.54 Å². The Kier molecular flexibility index (Phi) is 5.57. The molecule has 0 aliphatic carbocycles. The van der Waals surface area contributed by atoms with Crippen molar-refractivity contribution in [2.24, 2.45) is 5.92 Å². The van der Waals surface area contributed by atoms with E-state index in [-0.39, 0.29) is 11.9 Å². The molecule has 18 heavy (non-hydrogen) atoms. The molecule has 0 bridgehead atoms. The molecule has 0 saturated carbocycles. The molecule has 1 rings (SSSR count). The number of carbonyl (C=O) groups is 1. The number of amides is 1. The summed E-state index contributed by atoms with van der Waals surface area (Å²) in [6, 6.07) is -0.153. The topological polar surface area (TPSA) is 92.1 Å². The minimum atomic E-state index is -0.410. The lowest BCUT2D eigenvalue weighted by Crippen LogP contribution is -2.35. The van der Waals surface area contributed by atoms with Gasteiger partial charge in [0.15, 0.2) is 0 Å². The van der Waals surface area contributed by atoms with E-state index in [2.05, 4.69) is 40.0 Å². The monoisotopic (exact) mass is 255 g/mol. The molecule has 0 aliphatic rings. The van der Waals surface area contributed by atoms with Crippen molar-refractivity contribution in [1.29, 1.82) is 0 Å². The number of aromatic nitrogens is 2. The molecule has 1 atom stereocenters. The zero-order valence-electron chi connectivity index (χ0n) is 11.3. The number of nitrogens with one attached hydrogen (secondary N) is 3. The normalized spacial score (nSPS) is 12.5. The highest BCUT2D eigenvalue weighted by Gasteiger charge is 2.14. The zero-order valence-corrected chi connectivity index (χ0v) is 11.3. The van der Waals surface area contributed by atoms with Crippen LogP contribution in [0.5, 0.6) is 0 Å². The molecule has 0 fully saturated rings. The van der Waals surface area contributed by atoms with Gasteiger partial charge in [-0.1, -0.05) is 18.9 Å². The van der Waals surface area contributed by atoms with Crippen LogP contribution in [-0.2, 0) is 11.3 Å². The summed E-state index contributed by atoms with van der Waals surface area (Å²) in [6.45, 7) is 7.39. The summed E-state index contributed by atoms with van der Waals surface area (Å²) in [5, 5.41) is 16.3. The van der Waals surface area contributed by atoms with Crippen LogP contribution in [0.2, 0.25) is 0 Å². The van der Waals surface area contributed by atoms with Crippen molar-refractivity contribution in [2.75, 3.05) is 18.9 Å². The van der Waals surface area contributed by atoms with Crippen molar-refractivity contribution in [3.8, 4) is 0 Å². The van der Waals surface area contributed by atoms with Crippen LogP contribution in [0.4, 0.5) is 6.01 Å². The van der Waals surface area contributed by atoms with Crippen LogP contribution in [-0.4, -0.2) is 35.7 Å². The van der Waals surface area contributed by atoms with Gasteiger partial charge in [-0.05, 0) is 19.4 Å². The minimum absolute atomic E-state index is 0.132. The van der Waals surface area contributed by atoms with E-state index in [1.807, 2.05) is 0 Å². The van der Waals surface area contributed by atoms with Crippen molar-refractivity contribution in [3.05, 3.63) is 5.89 Å². The molecule has 102 valence electrons. The maximum Gasteiger partial charge on any atom is 0.316 e. The van der Waals surface area contributed by atoms with Crippen LogP contribution in [0.15, 0.2) is 4.42 Å². The fourth-order valence-electron chi connectivity index (χ4n) is 1.32. The van der Waals surface area contributed by atoms with Gasteiger partial charge in [0.25, 0.3) is 0 Å². The standard InChI is InChI=1S/C11H21N5O2/c1-7(2)5-13-6-9-15-16-11(18-9)14-8(3)10(17)12-4/h7-8,13H,5-6H2,1-4H3,(H,12,17)(H,14,16). The molecule has 3 N–H and O–H groups in total. The molecule has 1 aromatic heterocycles. The Morgan fingerprint density at radius 2 is 2.06 bits per heavy atom. The summed E-state index contributed by atoms with van der Waals surface area (Å²) >= 11 is 0. The highest BCUT2D eigenvalue weighted by molar-refractivity contribution is 5.83. The number of anilines is 1. The van der Waals surface area contributed by atoms with Crippen LogP contribution in [0.25, 0.3) is 0 Å². The Bertz CT molecular complexity index is 377. The molecule has 0 aliphatic heterocycles. The van der Waals surface area contributed by atoms with Crippen molar-refractivity contribution < 1.29 is 9.21 Å². The Hall–Kier alpha value is -1.63. The third-order valence-corrected chi connectivity index (χ3v) is 2.28. The molecule has 7 nitrogen and oxygen atoms in total. The molecule has 1 amide bonds. The lowest BCUT2D eigenvalue weighted by atomic mass is 10.2. The van der Waals surface area contributed by atoms with Gasteiger partial charge in [-0.15, -0.1) is 5.10 Å². The average molecular weight is 255 g/mol. The fourth-order valence-corrected chi connectivity index (χ4v) is 1.32. The van der Waals surface area contributed by atoms with E-state index in [9.17, 15) is 4.79 Å². The molecule has 0 radical (unpaired) electrons.